The molecule has 92 valence electrons. The van der Waals surface area contributed by atoms with E-state index in [2.05, 4.69) is 25.6 Å². The number of hydrogen-bond donors (Lipinski definition) is 2. The topological polar surface area (TPSA) is 79.8 Å². The van der Waals surface area contributed by atoms with Gasteiger partial charge < -0.3 is 10.6 Å². The van der Waals surface area contributed by atoms with Gasteiger partial charge in [0.05, 0.1) is 0 Å². The van der Waals surface area contributed by atoms with Crippen molar-refractivity contribution in [2.75, 3.05) is 11.9 Å². The van der Waals surface area contributed by atoms with Gasteiger partial charge in [0.1, 0.15) is 11.3 Å². The molecular weight excluding hydrogens is 230 g/mol. The van der Waals surface area contributed by atoms with Crippen LogP contribution < -0.4 is 10.6 Å². The van der Waals surface area contributed by atoms with Crippen molar-refractivity contribution in [1.29, 1.82) is 0 Å². The maximum Gasteiger partial charge on any atom is 0.220 e. The van der Waals surface area contributed by atoms with Crippen LogP contribution in [0.2, 0.25) is 0 Å². The van der Waals surface area contributed by atoms with Crippen molar-refractivity contribution in [2.45, 2.75) is 18.9 Å². The first-order valence-electron chi connectivity index (χ1n) is 5.92. The van der Waals surface area contributed by atoms with Gasteiger partial charge >= 0.3 is 0 Å². The van der Waals surface area contributed by atoms with E-state index in [1.165, 1.54) is 0 Å². The summed E-state index contributed by atoms with van der Waals surface area (Å²) >= 11 is 0. The van der Waals surface area contributed by atoms with Gasteiger partial charge in [-0.25, -0.2) is 9.97 Å². The number of hydrogen-bond acceptors (Lipinski definition) is 5. The Balaban J connectivity index is 1.69. The molecule has 0 aliphatic carbocycles. The Morgan fingerprint density at radius 1 is 1.33 bits per heavy atom. The average Bonchev–Trinajstić information content (AvgIpc) is 2.82. The summed E-state index contributed by atoms with van der Waals surface area (Å²) in [7, 11) is 0. The van der Waals surface area contributed by atoms with Crippen molar-refractivity contribution in [3.05, 3.63) is 24.5 Å². The fourth-order valence-electron chi connectivity index (χ4n) is 2.01. The predicted octanol–water partition coefficient (Wildman–Crippen LogP) is 0.715. The lowest BCUT2D eigenvalue weighted by Gasteiger charge is -2.11. The molecule has 1 unspecified atom stereocenters. The molecule has 3 heterocycles. The number of amides is 1. The molecular formula is C12H13N5O. The summed E-state index contributed by atoms with van der Waals surface area (Å²) in [5.41, 5.74) is 1.40. The first kappa shape index (κ1) is 10.9. The van der Waals surface area contributed by atoms with Gasteiger partial charge in [0.2, 0.25) is 5.91 Å². The number of carbonyl (C=O) groups excluding carboxylic acids is 1. The summed E-state index contributed by atoms with van der Waals surface area (Å²) < 4.78 is 0. The monoisotopic (exact) mass is 243 g/mol. The Kier molecular flexibility index (Phi) is 2.76. The smallest absolute Gasteiger partial charge is 0.220 e. The third-order valence-electron chi connectivity index (χ3n) is 2.95. The van der Waals surface area contributed by atoms with Crippen LogP contribution in [0.25, 0.3) is 11.2 Å². The van der Waals surface area contributed by atoms with Crippen LogP contribution in [0.1, 0.15) is 12.8 Å². The van der Waals surface area contributed by atoms with E-state index >= 15 is 0 Å². The first-order chi connectivity index (χ1) is 8.81. The highest BCUT2D eigenvalue weighted by Crippen LogP contribution is 2.12. The molecule has 18 heavy (non-hydrogen) atoms. The molecule has 2 N–H and O–H groups in total. The molecule has 0 bridgehead atoms. The zero-order valence-electron chi connectivity index (χ0n) is 9.76. The van der Waals surface area contributed by atoms with Gasteiger partial charge in [0, 0.05) is 31.4 Å². The number of nitrogens with zero attached hydrogens (tertiary/aromatic N) is 3. The Labute approximate surface area is 104 Å². The van der Waals surface area contributed by atoms with Gasteiger partial charge in [-0.05, 0) is 18.6 Å². The normalized spacial score (nSPS) is 18.9. The van der Waals surface area contributed by atoms with Crippen molar-refractivity contribution in [2.24, 2.45) is 0 Å². The van der Waals surface area contributed by atoms with E-state index < -0.39 is 0 Å². The molecule has 3 rings (SSSR count). The summed E-state index contributed by atoms with van der Waals surface area (Å²) in [6.07, 6.45) is 4.75. The molecule has 2 aromatic heterocycles. The molecule has 0 saturated carbocycles. The minimum absolute atomic E-state index is 0.124. The Bertz CT molecular complexity index is 585. The molecule has 1 saturated heterocycles. The highest BCUT2D eigenvalue weighted by atomic mass is 16.1. The Hall–Kier alpha value is -2.24. The standard InChI is InChI=1S/C12H13N5O/c18-11-4-1-8(16-11)7-15-10-3-2-9-12(17-10)14-6-5-13-9/h2-3,5-6,8H,1,4,7H2,(H,16,18)(H,14,15,17). The number of anilines is 1. The van der Waals surface area contributed by atoms with Crippen LogP contribution >= 0.6 is 0 Å². The molecule has 2 aromatic rings. The second-order valence-corrected chi connectivity index (χ2v) is 4.28. The first-order valence-corrected chi connectivity index (χ1v) is 5.92. The SMILES string of the molecule is O=C1CCC(CNc2ccc3nccnc3n2)N1. The molecule has 0 aromatic carbocycles. The molecule has 6 heteroatoms. The van der Waals surface area contributed by atoms with Gasteiger partial charge in [0.25, 0.3) is 0 Å². The van der Waals surface area contributed by atoms with E-state index in [0.29, 0.717) is 18.6 Å². The van der Waals surface area contributed by atoms with Gasteiger partial charge in [-0.2, -0.15) is 0 Å². The van der Waals surface area contributed by atoms with Crippen molar-refractivity contribution in [3.63, 3.8) is 0 Å². The lowest BCUT2D eigenvalue weighted by atomic mass is 10.2. The molecule has 0 spiro atoms. The lowest BCUT2D eigenvalue weighted by Crippen LogP contribution is -2.31. The summed E-state index contributed by atoms with van der Waals surface area (Å²) in [5.74, 6) is 0.878. The number of aromatic nitrogens is 3. The molecule has 1 amide bonds. The van der Waals surface area contributed by atoms with Gasteiger partial charge in [-0.3, -0.25) is 9.78 Å². The average molecular weight is 243 g/mol. The van der Waals surface area contributed by atoms with E-state index in [1.807, 2.05) is 12.1 Å². The lowest BCUT2D eigenvalue weighted by molar-refractivity contribution is -0.119. The summed E-state index contributed by atoms with van der Waals surface area (Å²) in [6, 6.07) is 3.94. The molecule has 1 aliphatic rings. The summed E-state index contributed by atoms with van der Waals surface area (Å²) in [6.45, 7) is 0.685. The minimum atomic E-state index is 0.124. The highest BCUT2D eigenvalue weighted by Gasteiger charge is 2.20. The fraction of sp³-hybridized carbons (Fsp3) is 0.333. The van der Waals surface area contributed by atoms with Gasteiger partial charge in [0.15, 0.2) is 5.65 Å². The molecule has 1 atom stereocenters. The quantitative estimate of drug-likeness (QED) is 0.830. The zero-order chi connectivity index (χ0) is 12.4. The maximum atomic E-state index is 11.1. The third kappa shape index (κ3) is 2.22. The Morgan fingerprint density at radius 3 is 3.06 bits per heavy atom. The van der Waals surface area contributed by atoms with Crippen LogP contribution in [0.3, 0.4) is 0 Å². The van der Waals surface area contributed by atoms with Crippen LogP contribution in [0.4, 0.5) is 5.82 Å². The predicted molar refractivity (Wildman–Crippen MR) is 67.0 cm³/mol. The molecule has 1 fully saturated rings. The number of pyridine rings is 1. The van der Waals surface area contributed by atoms with Crippen LogP contribution in [0, 0.1) is 0 Å². The number of rotatable bonds is 3. The number of fused-ring (bicyclic) bond motifs is 1. The van der Waals surface area contributed by atoms with Crippen LogP contribution in [0.5, 0.6) is 0 Å². The maximum absolute atomic E-state index is 11.1. The van der Waals surface area contributed by atoms with E-state index in [9.17, 15) is 4.79 Å². The largest absolute Gasteiger partial charge is 0.368 e. The molecule has 1 aliphatic heterocycles. The molecule has 6 nitrogen and oxygen atoms in total. The van der Waals surface area contributed by atoms with E-state index in [0.717, 1.165) is 17.8 Å². The van der Waals surface area contributed by atoms with Crippen molar-refractivity contribution in [1.82, 2.24) is 20.3 Å². The van der Waals surface area contributed by atoms with Gasteiger partial charge in [-0.1, -0.05) is 0 Å². The molecule has 0 radical (unpaired) electrons. The zero-order valence-corrected chi connectivity index (χ0v) is 9.76. The summed E-state index contributed by atoms with van der Waals surface area (Å²) in [4.78, 5) is 23.7. The second-order valence-electron chi connectivity index (χ2n) is 4.28. The van der Waals surface area contributed by atoms with Crippen LogP contribution in [0.15, 0.2) is 24.5 Å². The van der Waals surface area contributed by atoms with E-state index in [4.69, 9.17) is 0 Å². The minimum Gasteiger partial charge on any atom is -0.368 e. The number of nitrogens with one attached hydrogen (secondary N) is 2. The van der Waals surface area contributed by atoms with Crippen molar-refractivity contribution < 1.29 is 4.79 Å². The van der Waals surface area contributed by atoms with Crippen molar-refractivity contribution in [3.8, 4) is 0 Å². The second kappa shape index (κ2) is 4.56. The van der Waals surface area contributed by atoms with Crippen molar-refractivity contribution >= 4 is 22.9 Å². The number of carbonyl (C=O) groups is 1. The van der Waals surface area contributed by atoms with Gasteiger partial charge in [-0.15, -0.1) is 0 Å². The van der Waals surface area contributed by atoms with Crippen LogP contribution in [-0.4, -0.2) is 33.4 Å². The Morgan fingerprint density at radius 2 is 2.22 bits per heavy atom. The van der Waals surface area contributed by atoms with E-state index in [-0.39, 0.29) is 11.9 Å². The third-order valence-corrected chi connectivity index (χ3v) is 2.95. The summed E-state index contributed by atoms with van der Waals surface area (Å²) in [5, 5.41) is 6.11. The fourth-order valence-corrected chi connectivity index (χ4v) is 2.01. The van der Waals surface area contributed by atoms with Crippen LogP contribution in [-0.2, 0) is 4.79 Å². The van der Waals surface area contributed by atoms with E-state index in [1.54, 1.807) is 12.4 Å². The highest BCUT2D eigenvalue weighted by molar-refractivity contribution is 5.78.